The van der Waals surface area contributed by atoms with Crippen LogP contribution >= 0.6 is 0 Å². The van der Waals surface area contributed by atoms with Crippen molar-refractivity contribution in [3.63, 3.8) is 0 Å². The van der Waals surface area contributed by atoms with Gasteiger partial charge in [0.25, 0.3) is 5.91 Å². The zero-order valence-electron chi connectivity index (χ0n) is 14.2. The van der Waals surface area contributed by atoms with Crippen LogP contribution in [0.2, 0.25) is 0 Å². The number of carbonyl (C=O) groups is 2. The predicted octanol–water partition coefficient (Wildman–Crippen LogP) is 2.56. The van der Waals surface area contributed by atoms with Gasteiger partial charge >= 0.3 is 0 Å². The summed E-state index contributed by atoms with van der Waals surface area (Å²) in [6, 6.07) is 6.89. The van der Waals surface area contributed by atoms with Gasteiger partial charge in [0.15, 0.2) is 0 Å². The summed E-state index contributed by atoms with van der Waals surface area (Å²) in [5.41, 5.74) is 0.534. The second-order valence-electron chi connectivity index (χ2n) is 5.85. The summed E-state index contributed by atoms with van der Waals surface area (Å²) < 4.78 is 5.56. The lowest BCUT2D eigenvalue weighted by Crippen LogP contribution is -2.46. The molecule has 1 aromatic rings. The van der Waals surface area contributed by atoms with Crippen molar-refractivity contribution in [2.75, 3.05) is 26.7 Å². The molecule has 1 aromatic carbocycles. The van der Waals surface area contributed by atoms with E-state index in [-0.39, 0.29) is 17.9 Å². The molecule has 126 valence electrons. The molecule has 1 unspecified atom stereocenters. The van der Waals surface area contributed by atoms with Gasteiger partial charge in [0.05, 0.1) is 12.2 Å². The van der Waals surface area contributed by atoms with Crippen molar-refractivity contribution >= 4 is 11.8 Å². The molecular formula is C18H26N2O3. The van der Waals surface area contributed by atoms with E-state index in [1.165, 1.54) is 0 Å². The van der Waals surface area contributed by atoms with E-state index in [2.05, 4.69) is 0 Å². The number of likely N-dealkylation sites (N-methyl/N-ethyl adjacent to an activating group) is 1. The third-order valence-electron chi connectivity index (χ3n) is 4.15. The van der Waals surface area contributed by atoms with Crippen molar-refractivity contribution in [1.29, 1.82) is 0 Å². The van der Waals surface area contributed by atoms with Crippen molar-refractivity contribution in [3.05, 3.63) is 29.8 Å². The monoisotopic (exact) mass is 318 g/mol. The van der Waals surface area contributed by atoms with E-state index in [4.69, 9.17) is 4.74 Å². The lowest BCUT2D eigenvalue weighted by molar-refractivity contribution is -0.134. The van der Waals surface area contributed by atoms with E-state index < -0.39 is 0 Å². The van der Waals surface area contributed by atoms with Crippen LogP contribution in [-0.2, 0) is 4.79 Å². The van der Waals surface area contributed by atoms with Gasteiger partial charge in [-0.3, -0.25) is 9.59 Å². The van der Waals surface area contributed by atoms with Crippen LogP contribution in [0.4, 0.5) is 0 Å². The fourth-order valence-electron chi connectivity index (χ4n) is 3.05. The zero-order chi connectivity index (χ0) is 16.8. The Morgan fingerprint density at radius 2 is 2.04 bits per heavy atom. The van der Waals surface area contributed by atoms with E-state index in [0.717, 1.165) is 19.3 Å². The molecule has 5 heteroatoms. The lowest BCUT2D eigenvalue weighted by Gasteiger charge is -2.28. The summed E-state index contributed by atoms with van der Waals surface area (Å²) in [5.74, 6) is 0.501. The lowest BCUT2D eigenvalue weighted by atomic mass is 10.1. The summed E-state index contributed by atoms with van der Waals surface area (Å²) in [5, 5.41) is 0. The summed E-state index contributed by atoms with van der Waals surface area (Å²) in [7, 11) is 1.81. The molecule has 2 amide bonds. The largest absolute Gasteiger partial charge is 0.493 e. The molecule has 1 atom stereocenters. The maximum Gasteiger partial charge on any atom is 0.258 e. The number of hydrogen-bond donors (Lipinski definition) is 0. The first-order valence-corrected chi connectivity index (χ1v) is 8.37. The number of ether oxygens (including phenoxy) is 1. The Hall–Kier alpha value is -2.04. The van der Waals surface area contributed by atoms with E-state index in [9.17, 15) is 9.59 Å². The summed E-state index contributed by atoms with van der Waals surface area (Å²) in [4.78, 5) is 28.9. The molecule has 1 saturated heterocycles. The number of nitrogens with zero attached hydrogens (tertiary/aromatic N) is 2. The van der Waals surface area contributed by atoms with Gasteiger partial charge in [-0.2, -0.15) is 0 Å². The van der Waals surface area contributed by atoms with Gasteiger partial charge in [-0.25, -0.2) is 0 Å². The number of carbonyl (C=O) groups excluding carboxylic acids is 2. The molecule has 0 bridgehead atoms. The number of likely N-dealkylation sites (tertiary alicyclic amines) is 1. The van der Waals surface area contributed by atoms with Gasteiger partial charge in [-0.15, -0.1) is 0 Å². The van der Waals surface area contributed by atoms with Crippen molar-refractivity contribution in [3.8, 4) is 5.75 Å². The minimum Gasteiger partial charge on any atom is -0.493 e. The molecule has 5 nitrogen and oxygen atoms in total. The summed E-state index contributed by atoms with van der Waals surface area (Å²) in [6.45, 7) is 5.78. The maximum absolute atomic E-state index is 12.9. The third kappa shape index (κ3) is 3.84. The van der Waals surface area contributed by atoms with E-state index in [0.29, 0.717) is 31.0 Å². The highest BCUT2D eigenvalue weighted by molar-refractivity contribution is 6.00. The van der Waals surface area contributed by atoms with Crippen LogP contribution in [-0.4, -0.2) is 54.4 Å². The fourth-order valence-corrected chi connectivity index (χ4v) is 3.05. The minimum atomic E-state index is -0.353. The van der Waals surface area contributed by atoms with Crippen LogP contribution in [0.1, 0.15) is 43.5 Å². The molecule has 1 aliphatic heterocycles. The number of amides is 2. The average Bonchev–Trinajstić information content (AvgIpc) is 3.04. The number of para-hydroxylation sites is 1. The summed E-state index contributed by atoms with van der Waals surface area (Å²) in [6.07, 6.45) is 2.50. The number of rotatable bonds is 6. The number of hydrogen-bond acceptors (Lipinski definition) is 3. The van der Waals surface area contributed by atoms with Gasteiger partial charge in [0, 0.05) is 20.1 Å². The Balaban J connectivity index is 2.19. The van der Waals surface area contributed by atoms with Crippen molar-refractivity contribution in [2.45, 2.75) is 39.2 Å². The van der Waals surface area contributed by atoms with Crippen molar-refractivity contribution in [1.82, 2.24) is 9.80 Å². The van der Waals surface area contributed by atoms with E-state index >= 15 is 0 Å². The minimum absolute atomic E-state index is 0.0339. The first-order chi connectivity index (χ1) is 11.1. The summed E-state index contributed by atoms with van der Waals surface area (Å²) >= 11 is 0. The fraction of sp³-hybridized carbons (Fsp3) is 0.556. The number of benzene rings is 1. The van der Waals surface area contributed by atoms with Gasteiger partial charge < -0.3 is 14.5 Å². The molecule has 2 rings (SSSR count). The Bertz CT molecular complexity index is 559. The van der Waals surface area contributed by atoms with Gasteiger partial charge in [-0.05, 0) is 38.3 Å². The Morgan fingerprint density at radius 3 is 2.74 bits per heavy atom. The zero-order valence-corrected chi connectivity index (χ0v) is 14.2. The predicted molar refractivity (Wildman–Crippen MR) is 89.6 cm³/mol. The highest BCUT2D eigenvalue weighted by atomic mass is 16.5. The van der Waals surface area contributed by atoms with E-state index in [1.54, 1.807) is 29.0 Å². The highest BCUT2D eigenvalue weighted by Crippen LogP contribution is 2.26. The molecule has 0 aliphatic carbocycles. The second kappa shape index (κ2) is 7.99. The maximum atomic E-state index is 12.9. The molecule has 1 heterocycles. The van der Waals surface area contributed by atoms with Crippen LogP contribution < -0.4 is 4.74 Å². The second-order valence-corrected chi connectivity index (χ2v) is 5.85. The first-order valence-electron chi connectivity index (χ1n) is 8.37. The molecular weight excluding hydrogens is 292 g/mol. The standard InChI is InChI=1S/C18H26N2O3/c1-4-12-19(3)18(22)15-10-8-13-20(15)17(21)14-9-6-7-11-16(14)23-5-2/h6-7,9,11,15H,4-5,8,10,12-13H2,1-3H3. The normalized spacial score (nSPS) is 17.2. The van der Waals surface area contributed by atoms with Crippen molar-refractivity contribution in [2.24, 2.45) is 0 Å². The molecule has 0 radical (unpaired) electrons. The molecule has 0 N–H and O–H groups in total. The Kier molecular flexibility index (Phi) is 6.02. The quantitative estimate of drug-likeness (QED) is 0.810. The first kappa shape index (κ1) is 17.3. The molecule has 1 aliphatic rings. The van der Waals surface area contributed by atoms with Gasteiger partial charge in [-0.1, -0.05) is 19.1 Å². The third-order valence-corrected chi connectivity index (χ3v) is 4.15. The van der Waals surface area contributed by atoms with Crippen LogP contribution in [0.5, 0.6) is 5.75 Å². The smallest absolute Gasteiger partial charge is 0.258 e. The van der Waals surface area contributed by atoms with Crippen LogP contribution in [0.15, 0.2) is 24.3 Å². The SMILES string of the molecule is CCCN(C)C(=O)C1CCCN1C(=O)c1ccccc1OCC. The van der Waals surface area contributed by atoms with E-state index in [1.807, 2.05) is 26.0 Å². The molecule has 1 fully saturated rings. The molecule has 23 heavy (non-hydrogen) atoms. The Labute approximate surface area is 138 Å². The molecule has 0 saturated carbocycles. The van der Waals surface area contributed by atoms with Crippen LogP contribution in [0.25, 0.3) is 0 Å². The average molecular weight is 318 g/mol. The van der Waals surface area contributed by atoms with Crippen LogP contribution in [0.3, 0.4) is 0 Å². The molecule has 0 aromatic heterocycles. The Morgan fingerprint density at radius 1 is 1.30 bits per heavy atom. The van der Waals surface area contributed by atoms with Crippen molar-refractivity contribution < 1.29 is 14.3 Å². The topological polar surface area (TPSA) is 49.9 Å². The van der Waals surface area contributed by atoms with Crippen LogP contribution in [0, 0.1) is 0 Å². The van der Waals surface area contributed by atoms with Gasteiger partial charge in [0.1, 0.15) is 11.8 Å². The highest BCUT2D eigenvalue weighted by Gasteiger charge is 2.36. The molecule has 0 spiro atoms. The van der Waals surface area contributed by atoms with Gasteiger partial charge in [0.2, 0.25) is 5.91 Å².